The van der Waals surface area contributed by atoms with Gasteiger partial charge in [-0.1, -0.05) is 245 Å². The number of rotatable bonds is 40. The Morgan fingerprint density at radius 1 is 0.256 bits per heavy atom. The summed E-state index contributed by atoms with van der Waals surface area (Å²) in [6.45, 7) is 4.62. The Hall–Kier alpha value is 0.350. The number of hydrogen-bond donors (Lipinski definition) is 0. The van der Waals surface area contributed by atoms with Gasteiger partial charge >= 0.3 is 0 Å². The van der Waals surface area contributed by atoms with Gasteiger partial charge in [0.25, 0.3) is 0 Å². The molecule has 1 heteroatoms. The molecule has 0 heterocycles. The van der Waals surface area contributed by atoms with Crippen LogP contribution in [-0.2, 0) is 0 Å². The predicted molar refractivity (Wildman–Crippen MR) is 204 cm³/mol. The average Bonchev–Trinajstić information content (AvgIpc) is 3.02. The minimum absolute atomic E-state index is 1.34. The first-order valence-electron chi connectivity index (χ1n) is 20.8. The van der Waals surface area contributed by atoms with E-state index in [1.54, 1.807) is 0 Å². The zero-order valence-electron chi connectivity index (χ0n) is 30.6. The molecular formula is C42H85S. The van der Waals surface area contributed by atoms with E-state index < -0.39 is 0 Å². The lowest BCUT2D eigenvalue weighted by molar-refractivity contribution is 0.516. The second-order valence-corrected chi connectivity index (χ2v) is 15.3. The predicted octanol–water partition coefficient (Wildman–Crippen LogP) is 16.7. The molecule has 0 aliphatic rings. The van der Waals surface area contributed by atoms with Crippen molar-refractivity contribution in [2.24, 2.45) is 0 Å². The van der Waals surface area contributed by atoms with E-state index in [-0.39, 0.29) is 0 Å². The van der Waals surface area contributed by atoms with Crippen molar-refractivity contribution in [2.45, 2.75) is 258 Å². The van der Waals surface area contributed by atoms with Gasteiger partial charge in [0, 0.05) is 5.75 Å². The summed E-state index contributed by atoms with van der Waals surface area (Å²) in [7, 11) is 0. The molecule has 0 saturated carbocycles. The third-order valence-corrected chi connectivity index (χ3v) is 10.7. The third kappa shape index (κ3) is 42.4. The van der Waals surface area contributed by atoms with Gasteiger partial charge in [-0.15, -0.1) is 0 Å². The lowest BCUT2D eigenvalue weighted by Crippen LogP contribution is -1.85. The van der Waals surface area contributed by atoms with Gasteiger partial charge in [-0.2, -0.15) is 11.8 Å². The summed E-state index contributed by atoms with van der Waals surface area (Å²) in [6.07, 6.45) is 55.7. The molecular weight excluding hydrogens is 537 g/mol. The van der Waals surface area contributed by atoms with Crippen LogP contribution in [0, 0.1) is 5.75 Å². The molecule has 0 unspecified atom stereocenters. The fourth-order valence-electron chi connectivity index (χ4n) is 6.56. The Morgan fingerprint density at radius 2 is 0.465 bits per heavy atom. The third-order valence-electron chi connectivity index (χ3n) is 9.66. The maximum atomic E-state index is 2.51. The van der Waals surface area contributed by atoms with Gasteiger partial charge in [0.05, 0.1) is 0 Å². The van der Waals surface area contributed by atoms with Crippen LogP contribution in [0.3, 0.4) is 0 Å². The molecule has 0 bridgehead atoms. The van der Waals surface area contributed by atoms with Crippen molar-refractivity contribution in [3.05, 3.63) is 5.75 Å². The monoisotopic (exact) mass is 622 g/mol. The maximum Gasteiger partial charge on any atom is 0.0166 e. The first kappa shape index (κ1) is 43.4. The molecule has 0 saturated heterocycles. The molecule has 0 rings (SSSR count). The summed E-state index contributed by atoms with van der Waals surface area (Å²) in [4.78, 5) is 0. The lowest BCUT2D eigenvalue weighted by atomic mass is 10.0. The minimum Gasteiger partial charge on any atom is -0.157 e. The van der Waals surface area contributed by atoms with Crippen molar-refractivity contribution in [1.82, 2.24) is 0 Å². The smallest absolute Gasteiger partial charge is 0.0166 e. The molecule has 0 atom stereocenters. The Balaban J connectivity index is 3.02. The van der Waals surface area contributed by atoms with E-state index in [4.69, 9.17) is 0 Å². The molecule has 0 spiro atoms. The summed E-state index contributed by atoms with van der Waals surface area (Å²) < 4.78 is 0. The van der Waals surface area contributed by atoms with Gasteiger partial charge in [-0.25, -0.2) is 0 Å². The number of hydrogen-bond acceptors (Lipinski definition) is 1. The summed E-state index contributed by atoms with van der Waals surface area (Å²) in [5.74, 6) is 3.87. The van der Waals surface area contributed by atoms with Crippen molar-refractivity contribution in [2.75, 3.05) is 5.75 Å². The van der Waals surface area contributed by atoms with Crippen LogP contribution < -0.4 is 0 Å². The Bertz CT molecular complexity index is 406. The van der Waals surface area contributed by atoms with Gasteiger partial charge in [-0.05, 0) is 18.6 Å². The fourth-order valence-corrected chi connectivity index (χ4v) is 7.43. The van der Waals surface area contributed by atoms with E-state index in [9.17, 15) is 0 Å². The highest BCUT2D eigenvalue weighted by Crippen LogP contribution is 2.19. The summed E-state index contributed by atoms with van der Waals surface area (Å²) in [5, 5.41) is 0. The highest BCUT2D eigenvalue weighted by molar-refractivity contribution is 8.01. The van der Waals surface area contributed by atoms with Crippen LogP contribution in [0.1, 0.15) is 258 Å². The van der Waals surface area contributed by atoms with Gasteiger partial charge in [-0.3, -0.25) is 0 Å². The standard InChI is InChI=1S/C42H85S/c1-3-5-7-9-11-13-15-17-18-19-20-21-22-23-24-25-26-27-28-29-30-32-34-36-38-40-42-43-41-39-37-35-33-31-16-14-12-10-8-6-4-2/h42H,3-41H2,1-2H3. The summed E-state index contributed by atoms with van der Waals surface area (Å²) >= 11 is 2.10. The van der Waals surface area contributed by atoms with Crippen LogP contribution in [-0.4, -0.2) is 5.75 Å². The molecule has 1 radical (unpaired) electrons. The number of thioether (sulfide) groups is 1. The second kappa shape index (κ2) is 42.3. The van der Waals surface area contributed by atoms with E-state index in [2.05, 4.69) is 31.4 Å². The zero-order valence-corrected chi connectivity index (χ0v) is 31.4. The zero-order chi connectivity index (χ0) is 31.0. The quantitative estimate of drug-likeness (QED) is 0.0613. The molecule has 0 nitrogen and oxygen atoms in total. The molecule has 0 N–H and O–H groups in total. The summed E-state index contributed by atoms with van der Waals surface area (Å²) in [6, 6.07) is 0. The highest BCUT2D eigenvalue weighted by atomic mass is 32.2. The van der Waals surface area contributed by atoms with E-state index in [1.807, 2.05) is 0 Å². The van der Waals surface area contributed by atoms with Crippen molar-refractivity contribution >= 4 is 11.8 Å². The van der Waals surface area contributed by atoms with Gasteiger partial charge in [0.1, 0.15) is 0 Å². The molecule has 0 aromatic carbocycles. The first-order valence-corrected chi connectivity index (χ1v) is 21.9. The Kier molecular flexibility index (Phi) is 42.7. The van der Waals surface area contributed by atoms with Crippen LogP contribution in [0.5, 0.6) is 0 Å². The van der Waals surface area contributed by atoms with Crippen molar-refractivity contribution < 1.29 is 0 Å². The van der Waals surface area contributed by atoms with Crippen LogP contribution in [0.25, 0.3) is 0 Å². The van der Waals surface area contributed by atoms with E-state index in [0.717, 1.165) is 0 Å². The largest absolute Gasteiger partial charge is 0.157 e. The molecule has 43 heavy (non-hydrogen) atoms. The molecule has 0 amide bonds. The molecule has 0 aromatic heterocycles. The molecule has 0 aliphatic heterocycles. The van der Waals surface area contributed by atoms with Crippen LogP contribution >= 0.6 is 11.8 Å². The fraction of sp³-hybridized carbons (Fsp3) is 0.976. The van der Waals surface area contributed by atoms with E-state index in [0.29, 0.717) is 0 Å². The van der Waals surface area contributed by atoms with Crippen LogP contribution in [0.4, 0.5) is 0 Å². The normalized spacial score (nSPS) is 11.6. The van der Waals surface area contributed by atoms with Gasteiger partial charge in [0.15, 0.2) is 0 Å². The highest BCUT2D eigenvalue weighted by Gasteiger charge is 1.98. The SMILES string of the molecule is CCCCCCCCCCCCCCCCCCCCCCCCCCC[CH]SCCCCCCCCCCCCCC. The minimum atomic E-state index is 1.34. The summed E-state index contributed by atoms with van der Waals surface area (Å²) in [5.41, 5.74) is 0. The van der Waals surface area contributed by atoms with Gasteiger partial charge in [0.2, 0.25) is 0 Å². The first-order chi connectivity index (χ1) is 21.4. The maximum absolute atomic E-state index is 2.51. The Labute approximate surface area is 280 Å². The van der Waals surface area contributed by atoms with Crippen LogP contribution in [0.15, 0.2) is 0 Å². The van der Waals surface area contributed by atoms with E-state index in [1.165, 1.54) is 250 Å². The van der Waals surface area contributed by atoms with Crippen LogP contribution in [0.2, 0.25) is 0 Å². The van der Waals surface area contributed by atoms with E-state index >= 15 is 0 Å². The van der Waals surface area contributed by atoms with Crippen molar-refractivity contribution in [3.63, 3.8) is 0 Å². The van der Waals surface area contributed by atoms with Gasteiger partial charge < -0.3 is 0 Å². The molecule has 259 valence electrons. The molecule has 0 fully saturated rings. The van der Waals surface area contributed by atoms with Crippen molar-refractivity contribution in [1.29, 1.82) is 0 Å². The Morgan fingerprint density at radius 3 is 0.721 bits per heavy atom. The molecule has 0 aromatic rings. The lowest BCUT2D eigenvalue weighted by Gasteiger charge is -2.05. The van der Waals surface area contributed by atoms with Crippen molar-refractivity contribution in [3.8, 4) is 0 Å². The second-order valence-electron chi connectivity index (χ2n) is 14.2. The molecule has 0 aliphatic carbocycles. The number of unbranched alkanes of at least 4 members (excludes halogenated alkanes) is 36. The topological polar surface area (TPSA) is 0 Å². The average molecular weight is 622 g/mol.